The van der Waals surface area contributed by atoms with Crippen LogP contribution in [0.5, 0.6) is 0 Å². The average molecular weight is 930 g/mol. The Bertz CT molecular complexity index is 4120. The van der Waals surface area contributed by atoms with Gasteiger partial charge in [-0.3, -0.25) is 0 Å². The molecule has 0 bridgehead atoms. The first-order chi connectivity index (χ1) is 36.2. The molecule has 1 aliphatic rings. The fourth-order valence-electron chi connectivity index (χ4n) is 11.7. The highest BCUT2D eigenvalue weighted by atomic mass is 16.3. The summed E-state index contributed by atoms with van der Waals surface area (Å²) in [6.45, 7) is 0. The number of hydrogen-bond donors (Lipinski definition) is 0. The Kier molecular flexibility index (Phi) is 10.1. The third-order valence-corrected chi connectivity index (χ3v) is 15.2. The third kappa shape index (κ3) is 7.02. The lowest BCUT2D eigenvalue weighted by Crippen LogP contribution is -2.28. The van der Waals surface area contributed by atoms with E-state index in [1.54, 1.807) is 0 Å². The lowest BCUT2D eigenvalue weighted by atomic mass is 9.67. The van der Waals surface area contributed by atoms with Crippen LogP contribution >= 0.6 is 0 Å². The number of hydrogen-bond acceptors (Lipinski definition) is 2. The summed E-state index contributed by atoms with van der Waals surface area (Å²) >= 11 is 0. The number of para-hydroxylation sites is 1. The summed E-state index contributed by atoms with van der Waals surface area (Å²) in [5.74, 6) is 0. The normalized spacial score (nSPS) is 12.5. The van der Waals surface area contributed by atoms with E-state index in [4.69, 9.17) is 4.42 Å². The number of furan rings is 1. The largest absolute Gasteiger partial charge is 0.455 e. The zero-order chi connectivity index (χ0) is 48.3. The minimum absolute atomic E-state index is 0.475. The molecule has 73 heavy (non-hydrogen) atoms. The molecule has 14 rings (SSSR count). The SMILES string of the molecule is c1ccc(-c2ccc(N(c3ccc(-c4ccc(-c5ccc6ccccc6c5)cc4)cc3)c3ccc(-c4ccc5c(c4)C(c4ccccc4)(c4ccccc4)c4ccccc4-5)cc3)c3c2oc2ccccc23)cc1. The van der Waals surface area contributed by atoms with Crippen LogP contribution in [0.2, 0.25) is 0 Å². The molecule has 2 nitrogen and oxygen atoms in total. The Balaban J connectivity index is 0.890. The van der Waals surface area contributed by atoms with Gasteiger partial charge in [0.2, 0.25) is 0 Å². The van der Waals surface area contributed by atoms with Crippen molar-refractivity contribution in [2.45, 2.75) is 5.41 Å². The van der Waals surface area contributed by atoms with Gasteiger partial charge in [-0.1, -0.05) is 231 Å². The van der Waals surface area contributed by atoms with E-state index in [-0.39, 0.29) is 0 Å². The van der Waals surface area contributed by atoms with E-state index >= 15 is 0 Å². The number of anilines is 3. The maximum absolute atomic E-state index is 6.83. The quantitative estimate of drug-likeness (QED) is 0.143. The predicted octanol–water partition coefficient (Wildman–Crippen LogP) is 19.2. The molecule has 0 amide bonds. The number of rotatable bonds is 9. The number of fused-ring (bicyclic) bond motifs is 7. The highest BCUT2D eigenvalue weighted by molar-refractivity contribution is 6.17. The molecule has 12 aromatic carbocycles. The molecule has 0 saturated carbocycles. The van der Waals surface area contributed by atoms with E-state index in [0.29, 0.717) is 0 Å². The van der Waals surface area contributed by atoms with Gasteiger partial charge in [0.25, 0.3) is 0 Å². The maximum atomic E-state index is 6.83. The van der Waals surface area contributed by atoms with Gasteiger partial charge in [-0.15, -0.1) is 0 Å². The van der Waals surface area contributed by atoms with Crippen LogP contribution in [0, 0.1) is 0 Å². The van der Waals surface area contributed by atoms with Crippen molar-refractivity contribution in [1.82, 2.24) is 0 Å². The highest BCUT2D eigenvalue weighted by Crippen LogP contribution is 2.57. The molecule has 1 aliphatic carbocycles. The van der Waals surface area contributed by atoms with Gasteiger partial charge in [0.15, 0.2) is 0 Å². The lowest BCUT2D eigenvalue weighted by Gasteiger charge is -2.34. The fraction of sp³-hybridized carbons (Fsp3) is 0.0141. The summed E-state index contributed by atoms with van der Waals surface area (Å²) in [7, 11) is 0. The van der Waals surface area contributed by atoms with Crippen LogP contribution in [0.25, 0.3) is 88.3 Å². The molecule has 0 radical (unpaired) electrons. The van der Waals surface area contributed by atoms with Gasteiger partial charge >= 0.3 is 0 Å². The van der Waals surface area contributed by atoms with Crippen molar-refractivity contribution >= 4 is 49.8 Å². The summed E-state index contributed by atoms with van der Waals surface area (Å²) in [5, 5.41) is 4.65. The molecule has 0 unspecified atom stereocenters. The Morgan fingerprint density at radius 3 is 1.45 bits per heavy atom. The molecule has 13 aromatic rings. The van der Waals surface area contributed by atoms with Crippen LogP contribution in [0.3, 0.4) is 0 Å². The van der Waals surface area contributed by atoms with Gasteiger partial charge in [-0.2, -0.15) is 0 Å². The monoisotopic (exact) mass is 929 g/mol. The number of nitrogens with zero attached hydrogens (tertiary/aromatic N) is 1. The summed E-state index contributed by atoms with van der Waals surface area (Å²) < 4.78 is 6.83. The van der Waals surface area contributed by atoms with Gasteiger partial charge < -0.3 is 9.32 Å². The molecule has 0 aliphatic heterocycles. The molecule has 0 atom stereocenters. The molecule has 0 N–H and O–H groups in total. The molecular weight excluding hydrogens is 883 g/mol. The van der Waals surface area contributed by atoms with E-state index in [1.165, 1.54) is 66.4 Å². The second-order valence-corrected chi connectivity index (χ2v) is 19.2. The second kappa shape index (κ2) is 17.4. The molecule has 0 spiro atoms. The molecule has 342 valence electrons. The van der Waals surface area contributed by atoms with Crippen LogP contribution < -0.4 is 4.90 Å². The summed E-state index contributed by atoms with van der Waals surface area (Å²) in [6, 6.07) is 104. The third-order valence-electron chi connectivity index (χ3n) is 15.2. The predicted molar refractivity (Wildman–Crippen MR) is 305 cm³/mol. The highest BCUT2D eigenvalue weighted by Gasteiger charge is 2.46. The summed E-state index contributed by atoms with van der Waals surface area (Å²) in [5.41, 5.74) is 21.3. The molecule has 2 heteroatoms. The number of benzene rings is 12. The van der Waals surface area contributed by atoms with E-state index in [0.717, 1.165) is 61.3 Å². The zero-order valence-corrected chi connectivity index (χ0v) is 40.0. The van der Waals surface area contributed by atoms with E-state index < -0.39 is 5.41 Å². The Labute approximate surface area is 425 Å². The topological polar surface area (TPSA) is 16.4 Å². The van der Waals surface area contributed by atoms with Crippen molar-refractivity contribution in [2.24, 2.45) is 0 Å². The Morgan fingerprint density at radius 2 is 0.781 bits per heavy atom. The van der Waals surface area contributed by atoms with E-state index in [1.807, 2.05) is 0 Å². The first kappa shape index (κ1) is 42.4. The van der Waals surface area contributed by atoms with Crippen LogP contribution in [-0.4, -0.2) is 0 Å². The van der Waals surface area contributed by atoms with Gasteiger partial charge in [0.05, 0.1) is 16.5 Å². The first-order valence-electron chi connectivity index (χ1n) is 25.1. The van der Waals surface area contributed by atoms with Crippen LogP contribution in [0.15, 0.2) is 290 Å². The second-order valence-electron chi connectivity index (χ2n) is 19.2. The van der Waals surface area contributed by atoms with Gasteiger partial charge in [-0.05, 0) is 138 Å². The summed E-state index contributed by atoms with van der Waals surface area (Å²) in [6.07, 6.45) is 0. The molecular formula is C71H47NO. The van der Waals surface area contributed by atoms with Gasteiger partial charge in [-0.25, -0.2) is 0 Å². The van der Waals surface area contributed by atoms with Crippen molar-refractivity contribution in [2.75, 3.05) is 4.90 Å². The van der Waals surface area contributed by atoms with Crippen molar-refractivity contribution in [1.29, 1.82) is 0 Å². The zero-order valence-electron chi connectivity index (χ0n) is 40.0. The van der Waals surface area contributed by atoms with E-state index in [9.17, 15) is 0 Å². The molecule has 0 fully saturated rings. The first-order valence-corrected chi connectivity index (χ1v) is 25.1. The minimum Gasteiger partial charge on any atom is -0.455 e. The van der Waals surface area contributed by atoms with E-state index in [2.05, 4.69) is 290 Å². The van der Waals surface area contributed by atoms with Crippen LogP contribution in [0.4, 0.5) is 17.1 Å². The van der Waals surface area contributed by atoms with Gasteiger partial charge in [0, 0.05) is 22.3 Å². The molecule has 0 saturated heterocycles. The Hall–Kier alpha value is -9.50. The maximum Gasteiger partial charge on any atom is 0.145 e. The van der Waals surface area contributed by atoms with Gasteiger partial charge in [0.1, 0.15) is 11.2 Å². The van der Waals surface area contributed by atoms with Crippen LogP contribution in [0.1, 0.15) is 22.3 Å². The van der Waals surface area contributed by atoms with Crippen LogP contribution in [-0.2, 0) is 5.41 Å². The smallest absolute Gasteiger partial charge is 0.145 e. The Morgan fingerprint density at radius 1 is 0.301 bits per heavy atom. The standard InChI is InChI=1S/C71H47NO/c1-4-17-53(18-5-1)61-44-45-67(69-64-25-13-15-27-68(64)73-70(61)69)72(59-39-34-50(35-40-59)49-28-30-51(31-29-49)55-33-32-48-16-10-11-19-54(48)46-55)60-41-36-52(37-42-60)56-38-43-63-62-24-12-14-26-65(62)71(66(63)47-56,57-20-6-2-7-21-57)58-22-8-3-9-23-58/h1-47H. The van der Waals surface area contributed by atoms with Crippen molar-refractivity contribution < 1.29 is 4.42 Å². The summed E-state index contributed by atoms with van der Waals surface area (Å²) in [4.78, 5) is 2.39. The van der Waals surface area contributed by atoms with Crippen molar-refractivity contribution in [3.63, 3.8) is 0 Å². The molecule has 1 aromatic heterocycles. The van der Waals surface area contributed by atoms with Crippen molar-refractivity contribution in [3.8, 4) is 55.6 Å². The fourth-order valence-corrected chi connectivity index (χ4v) is 11.7. The minimum atomic E-state index is -0.475. The molecule has 1 heterocycles. The lowest BCUT2D eigenvalue weighted by molar-refractivity contribution is 0.670. The average Bonchev–Trinajstić information content (AvgIpc) is 4.01. The van der Waals surface area contributed by atoms with Crippen molar-refractivity contribution in [3.05, 3.63) is 307 Å².